The summed E-state index contributed by atoms with van der Waals surface area (Å²) in [7, 11) is 0. The molecule has 1 N–H and O–H groups in total. The van der Waals surface area contributed by atoms with Gasteiger partial charge in [-0.05, 0) is 36.8 Å². The van der Waals surface area contributed by atoms with Crippen LogP contribution in [-0.2, 0) is 0 Å². The van der Waals surface area contributed by atoms with Crippen LogP contribution in [0.3, 0.4) is 0 Å². The highest BCUT2D eigenvalue weighted by Crippen LogP contribution is 2.18. The highest BCUT2D eigenvalue weighted by molar-refractivity contribution is 7.71. The van der Waals surface area contributed by atoms with E-state index in [9.17, 15) is 0 Å². The minimum atomic E-state index is 0.341. The van der Waals surface area contributed by atoms with Crippen molar-refractivity contribution in [1.29, 1.82) is 0 Å². The third-order valence-corrected chi connectivity index (χ3v) is 2.75. The topological polar surface area (TPSA) is 33.6 Å². The van der Waals surface area contributed by atoms with Crippen molar-refractivity contribution in [3.63, 3.8) is 0 Å². The van der Waals surface area contributed by atoms with Crippen LogP contribution in [0.25, 0.3) is 5.69 Å². The van der Waals surface area contributed by atoms with Gasteiger partial charge in [-0.25, -0.2) is 0 Å². The molecule has 0 unspecified atom stereocenters. The van der Waals surface area contributed by atoms with Crippen molar-refractivity contribution >= 4 is 12.2 Å². The monoisotopic (exact) mass is 233 g/mol. The van der Waals surface area contributed by atoms with E-state index in [0.717, 1.165) is 11.5 Å². The number of nitrogens with one attached hydrogen (secondary N) is 1. The summed E-state index contributed by atoms with van der Waals surface area (Å²) in [6.07, 6.45) is 0. The maximum absolute atomic E-state index is 5.26. The number of nitrogens with zero attached hydrogens (tertiary/aromatic N) is 2. The number of aromatic nitrogens is 3. The molecule has 0 aliphatic carbocycles. The third kappa shape index (κ3) is 1.93. The molecule has 0 spiro atoms. The van der Waals surface area contributed by atoms with Crippen LogP contribution in [0, 0.1) is 11.7 Å². The van der Waals surface area contributed by atoms with Gasteiger partial charge in [0, 0.05) is 11.6 Å². The van der Waals surface area contributed by atoms with Crippen molar-refractivity contribution in [2.24, 2.45) is 0 Å². The summed E-state index contributed by atoms with van der Waals surface area (Å²) in [4.78, 5) is 0. The van der Waals surface area contributed by atoms with Gasteiger partial charge in [0.2, 0.25) is 0 Å². The standard InChI is InChI=1S/C12H15N3S/c1-8(2)11-13-14-12(16)15(11)10-6-4-5-9(3)7-10/h4-8H,1-3H3,(H,14,16). The Morgan fingerprint density at radius 1 is 1.38 bits per heavy atom. The van der Waals surface area contributed by atoms with Gasteiger partial charge in [-0.15, -0.1) is 0 Å². The van der Waals surface area contributed by atoms with E-state index in [0.29, 0.717) is 10.7 Å². The normalized spacial score (nSPS) is 11.0. The number of aryl methyl sites for hydroxylation is 1. The van der Waals surface area contributed by atoms with Crippen molar-refractivity contribution in [3.05, 3.63) is 40.4 Å². The molecule has 16 heavy (non-hydrogen) atoms. The van der Waals surface area contributed by atoms with Crippen molar-refractivity contribution in [3.8, 4) is 5.69 Å². The Bertz CT molecular complexity index is 551. The molecule has 0 bridgehead atoms. The van der Waals surface area contributed by atoms with Crippen LogP contribution in [0.5, 0.6) is 0 Å². The molecule has 84 valence electrons. The summed E-state index contributed by atoms with van der Waals surface area (Å²) < 4.78 is 2.64. The molecule has 1 aromatic carbocycles. The van der Waals surface area contributed by atoms with E-state index in [1.165, 1.54) is 5.56 Å². The molecule has 0 saturated carbocycles. The minimum absolute atomic E-state index is 0.341. The molecule has 0 radical (unpaired) electrons. The second-order valence-corrected chi connectivity index (χ2v) is 4.60. The first kappa shape index (κ1) is 11.1. The summed E-state index contributed by atoms with van der Waals surface area (Å²) in [6.45, 7) is 6.29. The number of rotatable bonds is 2. The molecule has 3 nitrogen and oxygen atoms in total. The van der Waals surface area contributed by atoms with Crippen LogP contribution in [0.15, 0.2) is 24.3 Å². The van der Waals surface area contributed by atoms with Crippen molar-refractivity contribution in [1.82, 2.24) is 14.8 Å². The van der Waals surface area contributed by atoms with Gasteiger partial charge in [0.1, 0.15) is 5.82 Å². The maximum Gasteiger partial charge on any atom is 0.199 e. The molecule has 0 saturated heterocycles. The fourth-order valence-electron chi connectivity index (χ4n) is 1.71. The summed E-state index contributed by atoms with van der Waals surface area (Å²) in [5.74, 6) is 1.31. The van der Waals surface area contributed by atoms with Gasteiger partial charge in [-0.3, -0.25) is 9.67 Å². The molecule has 0 atom stereocenters. The van der Waals surface area contributed by atoms with Gasteiger partial charge in [-0.2, -0.15) is 5.10 Å². The number of hydrogen-bond acceptors (Lipinski definition) is 2. The third-order valence-electron chi connectivity index (χ3n) is 2.47. The van der Waals surface area contributed by atoms with Gasteiger partial charge in [0.15, 0.2) is 4.77 Å². The first-order chi connectivity index (χ1) is 7.59. The molecular weight excluding hydrogens is 218 g/mol. The Morgan fingerprint density at radius 3 is 2.75 bits per heavy atom. The van der Waals surface area contributed by atoms with Gasteiger partial charge in [0.05, 0.1) is 0 Å². The highest BCUT2D eigenvalue weighted by atomic mass is 32.1. The van der Waals surface area contributed by atoms with Gasteiger partial charge in [0.25, 0.3) is 0 Å². The summed E-state index contributed by atoms with van der Waals surface area (Å²) in [5, 5.41) is 7.12. The quantitative estimate of drug-likeness (QED) is 0.807. The van der Waals surface area contributed by atoms with E-state index in [4.69, 9.17) is 12.2 Å². The molecule has 0 aliphatic rings. The lowest BCUT2D eigenvalue weighted by atomic mass is 10.2. The second-order valence-electron chi connectivity index (χ2n) is 4.22. The minimum Gasteiger partial charge on any atom is -0.272 e. The van der Waals surface area contributed by atoms with Crippen molar-refractivity contribution in [2.45, 2.75) is 26.7 Å². The van der Waals surface area contributed by atoms with Crippen molar-refractivity contribution < 1.29 is 0 Å². The van der Waals surface area contributed by atoms with Crippen LogP contribution in [-0.4, -0.2) is 14.8 Å². The first-order valence-electron chi connectivity index (χ1n) is 5.34. The van der Waals surface area contributed by atoms with Crippen LogP contribution in [0.2, 0.25) is 0 Å². The molecule has 1 heterocycles. The summed E-state index contributed by atoms with van der Waals surface area (Å²) in [6, 6.07) is 8.26. The summed E-state index contributed by atoms with van der Waals surface area (Å²) in [5.41, 5.74) is 2.29. The van der Waals surface area contributed by atoms with Crippen LogP contribution < -0.4 is 0 Å². The van der Waals surface area contributed by atoms with Gasteiger partial charge >= 0.3 is 0 Å². The van der Waals surface area contributed by atoms with Crippen molar-refractivity contribution in [2.75, 3.05) is 0 Å². The Kier molecular flexibility index (Phi) is 2.92. The average Bonchev–Trinajstić information content (AvgIpc) is 2.60. The number of H-pyrrole nitrogens is 1. The molecule has 2 rings (SSSR count). The number of aromatic amines is 1. The van der Waals surface area contributed by atoms with Crippen LogP contribution >= 0.6 is 12.2 Å². The largest absolute Gasteiger partial charge is 0.272 e. The molecule has 1 aromatic heterocycles. The van der Waals surface area contributed by atoms with E-state index in [2.05, 4.69) is 43.1 Å². The smallest absolute Gasteiger partial charge is 0.199 e. The lowest BCUT2D eigenvalue weighted by molar-refractivity contribution is 0.744. The Labute approximate surface area is 100 Å². The molecule has 0 fully saturated rings. The zero-order valence-corrected chi connectivity index (χ0v) is 10.5. The Hall–Kier alpha value is -1.42. The van der Waals surface area contributed by atoms with Crippen LogP contribution in [0.1, 0.15) is 31.2 Å². The zero-order valence-electron chi connectivity index (χ0n) is 9.69. The maximum atomic E-state index is 5.26. The highest BCUT2D eigenvalue weighted by Gasteiger charge is 2.11. The van der Waals surface area contributed by atoms with E-state index in [-0.39, 0.29) is 0 Å². The Morgan fingerprint density at radius 2 is 2.12 bits per heavy atom. The number of hydrogen-bond donors (Lipinski definition) is 1. The molecule has 2 aromatic rings. The average molecular weight is 233 g/mol. The molecule has 0 aliphatic heterocycles. The predicted molar refractivity (Wildman–Crippen MR) is 67.6 cm³/mol. The number of benzene rings is 1. The molecule has 4 heteroatoms. The lowest BCUT2D eigenvalue weighted by Gasteiger charge is -2.09. The molecule has 0 amide bonds. The van der Waals surface area contributed by atoms with E-state index in [1.54, 1.807) is 0 Å². The molecular formula is C12H15N3S. The fourth-order valence-corrected chi connectivity index (χ4v) is 1.96. The zero-order chi connectivity index (χ0) is 11.7. The Balaban J connectivity index is 2.63. The fraction of sp³-hybridized carbons (Fsp3) is 0.333. The van der Waals surface area contributed by atoms with E-state index in [1.807, 2.05) is 16.7 Å². The van der Waals surface area contributed by atoms with E-state index < -0.39 is 0 Å². The lowest BCUT2D eigenvalue weighted by Crippen LogP contribution is -2.03. The second kappa shape index (κ2) is 4.22. The van der Waals surface area contributed by atoms with Gasteiger partial charge in [-0.1, -0.05) is 26.0 Å². The van der Waals surface area contributed by atoms with Gasteiger partial charge < -0.3 is 0 Å². The SMILES string of the molecule is Cc1cccc(-n2c(C(C)C)n[nH]c2=S)c1. The van der Waals surface area contributed by atoms with Crippen LogP contribution in [0.4, 0.5) is 0 Å². The van der Waals surface area contributed by atoms with E-state index >= 15 is 0 Å². The predicted octanol–water partition coefficient (Wildman–Crippen LogP) is 3.36. The summed E-state index contributed by atoms with van der Waals surface area (Å²) >= 11 is 5.26. The first-order valence-corrected chi connectivity index (χ1v) is 5.75.